The predicted octanol–water partition coefficient (Wildman–Crippen LogP) is 7.98. The summed E-state index contributed by atoms with van der Waals surface area (Å²) in [6, 6.07) is 0. The predicted molar refractivity (Wildman–Crippen MR) is 214 cm³/mol. The highest BCUT2D eigenvalue weighted by Gasteiger charge is 2.70. The lowest BCUT2D eigenvalue weighted by Crippen LogP contribution is -2.65. The van der Waals surface area contributed by atoms with Crippen molar-refractivity contribution in [3.05, 3.63) is 11.1 Å². The van der Waals surface area contributed by atoms with Gasteiger partial charge in [0.25, 0.3) is 0 Å². The number of esters is 1. The maximum Gasteiger partial charge on any atom is 0.309 e. The van der Waals surface area contributed by atoms with Gasteiger partial charge < -0.3 is 20.3 Å². The molecule has 9 heteroatoms. The van der Waals surface area contributed by atoms with E-state index in [0.717, 1.165) is 69.1 Å². The van der Waals surface area contributed by atoms with E-state index in [4.69, 9.17) is 4.74 Å². The van der Waals surface area contributed by atoms with Gasteiger partial charge in [-0.1, -0.05) is 54.9 Å². The Bertz CT molecular complexity index is 1560. The van der Waals surface area contributed by atoms with Crippen LogP contribution in [0.2, 0.25) is 0 Å². The molecule has 0 heterocycles. The van der Waals surface area contributed by atoms with Crippen LogP contribution in [0.5, 0.6) is 0 Å². The van der Waals surface area contributed by atoms with E-state index in [1.54, 1.807) is 20.8 Å². The fraction of sp³-hybridized carbons (Fsp3) is 0.870. The summed E-state index contributed by atoms with van der Waals surface area (Å²) in [5.74, 6) is 0.174. The average Bonchev–Trinajstić information content (AvgIpc) is 3.09. The van der Waals surface area contributed by atoms with Gasteiger partial charge >= 0.3 is 11.9 Å². The minimum absolute atomic E-state index is 0.0141. The molecule has 1 unspecified atom stereocenters. The number of hydrogen-bond donors (Lipinski definition) is 3. The number of carboxylic acid groups (broad SMARTS) is 1. The zero-order valence-corrected chi connectivity index (χ0v) is 35.9. The van der Waals surface area contributed by atoms with E-state index < -0.39 is 23.0 Å². The van der Waals surface area contributed by atoms with Crippen molar-refractivity contribution in [2.24, 2.45) is 62.6 Å². The first-order valence-corrected chi connectivity index (χ1v) is 21.9. The van der Waals surface area contributed by atoms with E-state index in [-0.39, 0.29) is 63.6 Å². The van der Waals surface area contributed by atoms with Crippen molar-refractivity contribution >= 4 is 23.6 Å². The SMILES string of the molecule is CC(=O)NCCN(CC1CCC1)CC1(O)C2=C(C(C)C)C(=O)C[C@H]1CC[C@]1(C)[C@@H]2CC[C@@H]2[C@@]3(C)CC[C@H](OC(=O)CC(C)(C)C(=O)O)C(C)(C)[C@@H]3CC[C@]21C. The van der Waals surface area contributed by atoms with Gasteiger partial charge in [0, 0.05) is 56.4 Å². The number of fused-ring (bicyclic) bond motifs is 8. The number of carbonyl (C=O) groups is 4. The number of Topliss-reactive ketones (excluding diaryl/α,β-unsaturated/α-hetero) is 1. The fourth-order valence-corrected chi connectivity index (χ4v) is 13.9. The molecule has 0 aromatic heterocycles. The Kier molecular flexibility index (Phi) is 11.4. The second-order valence-electron chi connectivity index (χ2n) is 21.6. The van der Waals surface area contributed by atoms with Crippen molar-refractivity contribution in [1.82, 2.24) is 10.2 Å². The molecule has 2 bridgehead atoms. The molecule has 0 saturated heterocycles. The van der Waals surface area contributed by atoms with Gasteiger partial charge in [0.15, 0.2) is 5.78 Å². The Labute approximate surface area is 331 Å². The number of carbonyl (C=O) groups excluding carboxylic acids is 3. The topological polar surface area (TPSA) is 133 Å². The van der Waals surface area contributed by atoms with E-state index in [1.165, 1.54) is 19.3 Å². The molecule has 9 nitrogen and oxygen atoms in total. The van der Waals surface area contributed by atoms with Crippen LogP contribution in [0.3, 0.4) is 0 Å². The number of amides is 1. The van der Waals surface area contributed by atoms with E-state index in [0.29, 0.717) is 43.8 Å². The molecule has 5 saturated carbocycles. The van der Waals surface area contributed by atoms with Gasteiger partial charge in [-0.3, -0.25) is 24.1 Å². The highest BCUT2D eigenvalue weighted by Crippen LogP contribution is 2.75. The smallest absolute Gasteiger partial charge is 0.309 e. The van der Waals surface area contributed by atoms with Crippen molar-refractivity contribution in [1.29, 1.82) is 0 Å². The molecule has 55 heavy (non-hydrogen) atoms. The van der Waals surface area contributed by atoms with Crippen LogP contribution >= 0.6 is 0 Å². The first kappa shape index (κ1) is 42.3. The van der Waals surface area contributed by atoms with Crippen molar-refractivity contribution in [3.8, 4) is 0 Å². The molecule has 310 valence electrons. The van der Waals surface area contributed by atoms with E-state index in [1.807, 2.05) is 0 Å². The summed E-state index contributed by atoms with van der Waals surface area (Å²) in [5.41, 5.74) is -0.689. The number of rotatable bonds is 12. The number of carboxylic acids is 1. The summed E-state index contributed by atoms with van der Waals surface area (Å²) in [4.78, 5) is 53.5. The van der Waals surface area contributed by atoms with Crippen molar-refractivity contribution < 1.29 is 34.1 Å². The van der Waals surface area contributed by atoms with Crippen LogP contribution in [-0.4, -0.2) is 76.6 Å². The standard InChI is InChI=1S/C46H74N2O7/c1-28(2)38-33(50)24-31-16-20-44(9)32(39(38)46(31,54)27-48(23-22-47-29(3)49)26-30-12-11-13-30)14-15-35-43(8)19-18-36(55-37(51)25-41(4,5)40(52)53)42(6,7)34(43)17-21-45(35,44)10/h28,30-32,34-36,54H,11-27H2,1-10H3,(H,47,49)(H,52,53)/t31-,32-,34+,35-,36+,43+,44-,45-,46?/m1/s1. The van der Waals surface area contributed by atoms with Crippen LogP contribution in [0.15, 0.2) is 11.1 Å². The van der Waals surface area contributed by atoms with E-state index >= 15 is 0 Å². The summed E-state index contributed by atoms with van der Waals surface area (Å²) in [6.07, 6.45) is 11.3. The molecule has 0 aliphatic heterocycles. The lowest BCUT2D eigenvalue weighted by Gasteiger charge is -2.70. The monoisotopic (exact) mass is 767 g/mol. The first-order chi connectivity index (χ1) is 25.5. The molecule has 3 N–H and O–H groups in total. The van der Waals surface area contributed by atoms with Gasteiger partial charge in [-0.15, -0.1) is 0 Å². The zero-order valence-electron chi connectivity index (χ0n) is 35.9. The van der Waals surface area contributed by atoms with Crippen LogP contribution in [0.25, 0.3) is 0 Å². The number of allylic oxidation sites excluding steroid dienone is 1. The maximum atomic E-state index is 14.2. The van der Waals surface area contributed by atoms with Gasteiger partial charge in [0.1, 0.15) is 11.7 Å². The highest BCUT2D eigenvalue weighted by molar-refractivity contribution is 5.98. The molecule has 6 aliphatic carbocycles. The quantitative estimate of drug-likeness (QED) is 0.171. The molecule has 1 amide bonds. The number of ketones is 1. The minimum atomic E-state index is -1.18. The normalized spacial score (nSPS) is 38.7. The van der Waals surface area contributed by atoms with Crippen LogP contribution < -0.4 is 5.32 Å². The molecule has 0 radical (unpaired) electrons. The van der Waals surface area contributed by atoms with Crippen molar-refractivity contribution in [3.63, 3.8) is 0 Å². The lowest BCUT2D eigenvalue weighted by atomic mass is 9.34. The van der Waals surface area contributed by atoms with Crippen LogP contribution in [0, 0.1) is 62.6 Å². The molecule has 0 aromatic rings. The number of aliphatic hydroxyl groups is 1. The maximum absolute atomic E-state index is 14.2. The molecule has 0 aromatic carbocycles. The largest absolute Gasteiger partial charge is 0.481 e. The van der Waals surface area contributed by atoms with Crippen molar-refractivity contribution in [2.75, 3.05) is 26.2 Å². The molecular weight excluding hydrogens is 693 g/mol. The number of nitrogens with one attached hydrogen (secondary N) is 1. The Morgan fingerprint density at radius 2 is 1.60 bits per heavy atom. The van der Waals surface area contributed by atoms with Gasteiger partial charge in [-0.05, 0) is 129 Å². The molecule has 6 aliphatic rings. The number of aliphatic carboxylic acids is 1. The Hall–Kier alpha value is -2.26. The Morgan fingerprint density at radius 3 is 2.20 bits per heavy atom. The molecule has 0 spiro atoms. The van der Waals surface area contributed by atoms with Crippen LogP contribution in [-0.2, 0) is 23.9 Å². The van der Waals surface area contributed by atoms with Gasteiger partial charge in [-0.25, -0.2) is 0 Å². The van der Waals surface area contributed by atoms with E-state index in [2.05, 4.69) is 58.7 Å². The molecule has 6 rings (SSSR count). The summed E-state index contributed by atoms with van der Waals surface area (Å²) < 4.78 is 6.19. The van der Waals surface area contributed by atoms with Crippen LogP contribution in [0.1, 0.15) is 153 Å². The summed E-state index contributed by atoms with van der Waals surface area (Å²) in [7, 11) is 0. The summed E-state index contributed by atoms with van der Waals surface area (Å²) >= 11 is 0. The Balaban J connectivity index is 1.32. The fourth-order valence-electron chi connectivity index (χ4n) is 13.9. The van der Waals surface area contributed by atoms with Gasteiger partial charge in [0.05, 0.1) is 11.8 Å². The lowest BCUT2D eigenvalue weighted by molar-refractivity contribution is -0.228. The Morgan fingerprint density at radius 1 is 0.927 bits per heavy atom. The third kappa shape index (κ3) is 7.16. The van der Waals surface area contributed by atoms with Crippen LogP contribution in [0.4, 0.5) is 0 Å². The number of ether oxygens (including phenoxy) is 1. The highest BCUT2D eigenvalue weighted by atomic mass is 16.5. The summed E-state index contributed by atoms with van der Waals surface area (Å²) in [6.45, 7) is 23.8. The first-order valence-electron chi connectivity index (χ1n) is 21.9. The average molecular weight is 767 g/mol. The van der Waals surface area contributed by atoms with Gasteiger partial charge in [0.2, 0.25) is 5.91 Å². The van der Waals surface area contributed by atoms with Gasteiger partial charge in [-0.2, -0.15) is 0 Å². The van der Waals surface area contributed by atoms with Crippen molar-refractivity contribution in [2.45, 2.75) is 164 Å². The minimum Gasteiger partial charge on any atom is -0.481 e. The number of hydrogen-bond acceptors (Lipinski definition) is 7. The molecular formula is C46H74N2O7. The third-order valence-electron chi connectivity index (χ3n) is 17.4. The van der Waals surface area contributed by atoms with E-state index in [9.17, 15) is 29.4 Å². The molecule has 9 atom stereocenters. The zero-order chi connectivity index (χ0) is 40.5. The molecule has 5 fully saturated rings. The third-order valence-corrected chi connectivity index (χ3v) is 17.4. The second kappa shape index (κ2) is 14.8. The summed E-state index contributed by atoms with van der Waals surface area (Å²) in [5, 5.41) is 26.1. The second-order valence-corrected chi connectivity index (χ2v) is 21.6. The number of nitrogens with zero attached hydrogens (tertiary/aromatic N) is 1.